The Morgan fingerprint density at radius 2 is 2.03 bits per heavy atom. The molecular formula is C25H33N5O2. The lowest BCUT2D eigenvalue weighted by Crippen LogP contribution is -2.57. The van der Waals surface area contributed by atoms with Crippen LogP contribution in [-0.4, -0.2) is 72.4 Å². The van der Waals surface area contributed by atoms with Crippen molar-refractivity contribution in [2.45, 2.75) is 32.4 Å². The minimum absolute atomic E-state index is 0.554. The maximum absolute atomic E-state index is 6.06. The molecule has 2 saturated heterocycles. The molecule has 0 saturated carbocycles. The summed E-state index contributed by atoms with van der Waals surface area (Å²) < 4.78 is 11.6. The first-order valence-electron chi connectivity index (χ1n) is 11.8. The van der Waals surface area contributed by atoms with Gasteiger partial charge >= 0.3 is 0 Å². The van der Waals surface area contributed by atoms with Crippen LogP contribution >= 0.6 is 0 Å². The Morgan fingerprint density at radius 1 is 1.12 bits per heavy atom. The van der Waals surface area contributed by atoms with Crippen molar-refractivity contribution in [1.29, 1.82) is 0 Å². The van der Waals surface area contributed by atoms with Crippen molar-refractivity contribution in [2.24, 2.45) is 5.92 Å². The van der Waals surface area contributed by atoms with E-state index in [0.717, 1.165) is 68.5 Å². The number of piperazine rings is 1. The van der Waals surface area contributed by atoms with Gasteiger partial charge in [0.25, 0.3) is 0 Å². The van der Waals surface area contributed by atoms with Crippen LogP contribution in [-0.2, 0) is 6.54 Å². The van der Waals surface area contributed by atoms with E-state index in [9.17, 15) is 0 Å². The van der Waals surface area contributed by atoms with Gasteiger partial charge in [-0.05, 0) is 44.1 Å². The van der Waals surface area contributed by atoms with Gasteiger partial charge in [-0.1, -0.05) is 30.3 Å². The SMILES string of the molecule is CCN(C)Cc1ccc(OC[C@@H]2CC[C@H]3CN(c4noc5ccccc45)CCN3C2)nc1. The van der Waals surface area contributed by atoms with Crippen LogP contribution in [0.1, 0.15) is 25.3 Å². The lowest BCUT2D eigenvalue weighted by Gasteiger charge is -2.46. The molecule has 2 atom stereocenters. The van der Waals surface area contributed by atoms with Crippen LogP contribution in [0.25, 0.3) is 11.0 Å². The van der Waals surface area contributed by atoms with Crippen LogP contribution in [0.2, 0.25) is 0 Å². The fraction of sp³-hybridized carbons (Fsp3) is 0.520. The number of nitrogens with zero attached hydrogens (tertiary/aromatic N) is 5. The number of piperidine rings is 1. The molecule has 4 heterocycles. The Morgan fingerprint density at radius 3 is 2.88 bits per heavy atom. The minimum Gasteiger partial charge on any atom is -0.477 e. The van der Waals surface area contributed by atoms with Crippen LogP contribution in [0.15, 0.2) is 47.1 Å². The smallest absolute Gasteiger partial charge is 0.213 e. The quantitative estimate of drug-likeness (QED) is 0.561. The van der Waals surface area contributed by atoms with Crippen molar-refractivity contribution in [3.63, 3.8) is 0 Å². The molecule has 32 heavy (non-hydrogen) atoms. The Hall–Kier alpha value is -2.64. The third-order valence-electron chi connectivity index (χ3n) is 6.92. The van der Waals surface area contributed by atoms with Gasteiger partial charge in [0.2, 0.25) is 5.88 Å². The Bertz CT molecular complexity index is 1020. The first-order chi connectivity index (χ1) is 15.7. The second-order valence-corrected chi connectivity index (χ2v) is 9.19. The molecule has 2 aliphatic rings. The lowest BCUT2D eigenvalue weighted by molar-refractivity contribution is 0.0716. The van der Waals surface area contributed by atoms with Crippen LogP contribution in [0.5, 0.6) is 5.88 Å². The van der Waals surface area contributed by atoms with E-state index in [2.05, 4.69) is 57.0 Å². The normalized spacial score (nSPS) is 21.8. The van der Waals surface area contributed by atoms with Crippen molar-refractivity contribution in [3.05, 3.63) is 48.2 Å². The standard InChI is InChI=1S/C25H33N5O2/c1-3-28(2)15-19-9-11-24(26-14-19)31-18-20-8-10-21-17-30(13-12-29(21)16-20)25-22-6-4-5-7-23(22)32-27-25/h4-7,9,11,14,20-21H,3,8,10,12-13,15-18H2,1-2H3/t20-,21+/m1/s1. The van der Waals surface area contributed by atoms with Gasteiger partial charge in [0, 0.05) is 56.9 Å². The predicted octanol–water partition coefficient (Wildman–Crippen LogP) is 3.65. The van der Waals surface area contributed by atoms with Gasteiger partial charge in [-0.3, -0.25) is 4.90 Å². The molecule has 1 aromatic carbocycles. The lowest BCUT2D eigenvalue weighted by atomic mass is 9.91. The van der Waals surface area contributed by atoms with Gasteiger partial charge in [0.1, 0.15) is 0 Å². The summed E-state index contributed by atoms with van der Waals surface area (Å²) in [6, 6.07) is 12.8. The van der Waals surface area contributed by atoms with E-state index in [1.165, 1.54) is 18.4 Å². The fourth-order valence-electron chi connectivity index (χ4n) is 4.90. The third kappa shape index (κ3) is 4.59. The molecule has 0 amide bonds. The second kappa shape index (κ2) is 9.46. The van der Waals surface area contributed by atoms with Crippen molar-refractivity contribution in [3.8, 4) is 5.88 Å². The summed E-state index contributed by atoms with van der Waals surface area (Å²) in [5, 5.41) is 5.48. The highest BCUT2D eigenvalue weighted by atomic mass is 16.5. The van der Waals surface area contributed by atoms with Gasteiger partial charge in [-0.2, -0.15) is 0 Å². The van der Waals surface area contributed by atoms with Crippen LogP contribution in [0, 0.1) is 5.92 Å². The molecule has 7 nitrogen and oxygen atoms in total. The number of rotatable bonds is 7. The number of aromatic nitrogens is 2. The average Bonchev–Trinajstić information content (AvgIpc) is 3.27. The van der Waals surface area contributed by atoms with Crippen molar-refractivity contribution >= 4 is 16.8 Å². The van der Waals surface area contributed by atoms with E-state index >= 15 is 0 Å². The molecule has 0 aliphatic carbocycles. The summed E-state index contributed by atoms with van der Waals surface area (Å²) in [6.45, 7) is 9.00. The summed E-state index contributed by atoms with van der Waals surface area (Å²) in [7, 11) is 2.12. The summed E-state index contributed by atoms with van der Waals surface area (Å²) >= 11 is 0. The highest BCUT2D eigenvalue weighted by molar-refractivity contribution is 5.88. The number of ether oxygens (including phenoxy) is 1. The highest BCUT2D eigenvalue weighted by Gasteiger charge is 2.34. The second-order valence-electron chi connectivity index (χ2n) is 9.19. The van der Waals surface area contributed by atoms with Crippen LogP contribution in [0.4, 0.5) is 5.82 Å². The van der Waals surface area contributed by atoms with Gasteiger partial charge in [-0.25, -0.2) is 4.98 Å². The van der Waals surface area contributed by atoms with E-state index < -0.39 is 0 Å². The van der Waals surface area contributed by atoms with Gasteiger partial charge in [-0.15, -0.1) is 0 Å². The zero-order valence-electron chi connectivity index (χ0n) is 19.1. The zero-order chi connectivity index (χ0) is 21.9. The molecule has 2 fully saturated rings. The van der Waals surface area contributed by atoms with E-state index in [0.29, 0.717) is 12.0 Å². The molecule has 2 aromatic heterocycles. The molecule has 3 aromatic rings. The summed E-state index contributed by atoms with van der Waals surface area (Å²) in [5.41, 5.74) is 2.09. The van der Waals surface area contributed by atoms with Crippen LogP contribution < -0.4 is 9.64 Å². The molecule has 0 N–H and O–H groups in total. The number of pyridine rings is 1. The van der Waals surface area contributed by atoms with Gasteiger partial charge in [0.05, 0.1) is 12.0 Å². The van der Waals surface area contributed by atoms with E-state index in [1.807, 2.05) is 24.4 Å². The summed E-state index contributed by atoms with van der Waals surface area (Å²) in [4.78, 5) is 11.8. The zero-order valence-corrected chi connectivity index (χ0v) is 19.1. The molecule has 7 heteroatoms. The fourth-order valence-corrected chi connectivity index (χ4v) is 4.90. The summed E-state index contributed by atoms with van der Waals surface area (Å²) in [5.74, 6) is 2.28. The first kappa shape index (κ1) is 21.2. The highest BCUT2D eigenvalue weighted by Crippen LogP contribution is 2.31. The van der Waals surface area contributed by atoms with Crippen molar-refractivity contribution in [1.82, 2.24) is 19.9 Å². The number of hydrogen-bond donors (Lipinski definition) is 0. The van der Waals surface area contributed by atoms with Crippen LogP contribution in [0.3, 0.4) is 0 Å². The summed E-state index contributed by atoms with van der Waals surface area (Å²) in [6.07, 6.45) is 4.31. The Kier molecular flexibility index (Phi) is 6.28. The van der Waals surface area contributed by atoms with Gasteiger partial charge in [0.15, 0.2) is 11.4 Å². The molecule has 0 bridgehead atoms. The topological polar surface area (TPSA) is 57.9 Å². The molecule has 5 rings (SSSR count). The number of fused-ring (bicyclic) bond motifs is 2. The molecular weight excluding hydrogens is 402 g/mol. The first-order valence-corrected chi connectivity index (χ1v) is 11.8. The van der Waals surface area contributed by atoms with E-state index in [1.54, 1.807) is 0 Å². The molecule has 2 aliphatic heterocycles. The van der Waals surface area contributed by atoms with Gasteiger partial charge < -0.3 is 19.1 Å². The molecule has 0 spiro atoms. The molecule has 0 unspecified atom stereocenters. The number of para-hydroxylation sites is 1. The third-order valence-corrected chi connectivity index (χ3v) is 6.92. The predicted molar refractivity (Wildman–Crippen MR) is 126 cm³/mol. The number of benzene rings is 1. The van der Waals surface area contributed by atoms with E-state index in [-0.39, 0.29) is 0 Å². The average molecular weight is 436 g/mol. The maximum atomic E-state index is 6.06. The molecule has 170 valence electrons. The van der Waals surface area contributed by atoms with Crippen molar-refractivity contribution in [2.75, 3.05) is 51.3 Å². The van der Waals surface area contributed by atoms with E-state index in [4.69, 9.17) is 9.26 Å². The number of hydrogen-bond acceptors (Lipinski definition) is 7. The van der Waals surface area contributed by atoms with Crippen molar-refractivity contribution < 1.29 is 9.26 Å². The molecule has 0 radical (unpaired) electrons. The maximum Gasteiger partial charge on any atom is 0.213 e. The Labute approximate surface area is 189 Å². The monoisotopic (exact) mass is 435 g/mol. The Balaban J connectivity index is 1.12. The number of anilines is 1. The minimum atomic E-state index is 0.554. The largest absolute Gasteiger partial charge is 0.477 e.